The van der Waals surface area contributed by atoms with Crippen molar-refractivity contribution in [1.82, 2.24) is 4.98 Å². The lowest BCUT2D eigenvalue weighted by Gasteiger charge is -2.18. The van der Waals surface area contributed by atoms with E-state index in [4.69, 9.17) is 4.98 Å². The summed E-state index contributed by atoms with van der Waals surface area (Å²) in [7, 11) is 0. The molecule has 2 heterocycles. The zero-order chi connectivity index (χ0) is 12.5. The van der Waals surface area contributed by atoms with Crippen LogP contribution in [0.15, 0.2) is 36.4 Å². The van der Waals surface area contributed by atoms with Gasteiger partial charge in [-0.1, -0.05) is 18.2 Å². The summed E-state index contributed by atoms with van der Waals surface area (Å²) in [4.78, 5) is 6.96. The molecule has 0 saturated carbocycles. The number of anilines is 1. The van der Waals surface area contributed by atoms with Crippen molar-refractivity contribution in [2.75, 3.05) is 18.0 Å². The number of rotatable bonds is 2. The van der Waals surface area contributed by atoms with E-state index >= 15 is 0 Å². The number of hydrogen-bond acceptors (Lipinski definition) is 3. The molecule has 18 heavy (non-hydrogen) atoms. The Kier molecular flexibility index (Phi) is 2.92. The van der Waals surface area contributed by atoms with Crippen LogP contribution in [-0.2, 0) is 0 Å². The van der Waals surface area contributed by atoms with E-state index in [-0.39, 0.29) is 6.10 Å². The van der Waals surface area contributed by atoms with Gasteiger partial charge in [-0.25, -0.2) is 4.98 Å². The number of aromatic nitrogens is 1. The Balaban J connectivity index is 1.87. The maximum Gasteiger partial charge on any atom is 0.129 e. The van der Waals surface area contributed by atoms with Crippen molar-refractivity contribution >= 4 is 16.7 Å². The molecule has 1 fully saturated rings. The molecule has 0 amide bonds. The first-order valence-corrected chi connectivity index (χ1v) is 6.53. The highest BCUT2D eigenvalue weighted by molar-refractivity contribution is 5.80. The van der Waals surface area contributed by atoms with Gasteiger partial charge in [-0.15, -0.1) is 0 Å². The minimum atomic E-state index is -0.226. The maximum absolute atomic E-state index is 9.64. The topological polar surface area (TPSA) is 36.4 Å². The van der Waals surface area contributed by atoms with Crippen LogP contribution in [0.3, 0.4) is 0 Å². The lowest BCUT2D eigenvalue weighted by molar-refractivity contribution is 0.136. The Hall–Kier alpha value is -1.61. The number of pyridine rings is 1. The van der Waals surface area contributed by atoms with Gasteiger partial charge in [-0.2, -0.15) is 0 Å². The average Bonchev–Trinajstić information content (AvgIpc) is 2.88. The normalized spacial score (nSPS) is 21.4. The van der Waals surface area contributed by atoms with E-state index in [9.17, 15) is 5.11 Å². The summed E-state index contributed by atoms with van der Waals surface area (Å²) >= 11 is 0. The molecule has 3 nitrogen and oxygen atoms in total. The van der Waals surface area contributed by atoms with Crippen molar-refractivity contribution in [1.29, 1.82) is 0 Å². The van der Waals surface area contributed by atoms with Gasteiger partial charge >= 0.3 is 0 Å². The monoisotopic (exact) mass is 242 g/mol. The van der Waals surface area contributed by atoms with Crippen LogP contribution in [0.5, 0.6) is 0 Å². The van der Waals surface area contributed by atoms with Gasteiger partial charge in [-0.05, 0) is 31.5 Å². The van der Waals surface area contributed by atoms with Crippen LogP contribution in [0.25, 0.3) is 10.9 Å². The van der Waals surface area contributed by atoms with Crippen LogP contribution in [-0.4, -0.2) is 29.3 Å². The Morgan fingerprint density at radius 3 is 2.89 bits per heavy atom. The van der Waals surface area contributed by atoms with Gasteiger partial charge in [-0.3, -0.25) is 0 Å². The molecule has 1 aliphatic heterocycles. The summed E-state index contributed by atoms with van der Waals surface area (Å²) in [6, 6.07) is 12.4. The molecule has 0 radical (unpaired) electrons. The van der Waals surface area contributed by atoms with Crippen LogP contribution >= 0.6 is 0 Å². The van der Waals surface area contributed by atoms with Gasteiger partial charge in [0.25, 0.3) is 0 Å². The van der Waals surface area contributed by atoms with Crippen molar-refractivity contribution < 1.29 is 5.11 Å². The molecule has 3 heteroatoms. The van der Waals surface area contributed by atoms with E-state index in [1.807, 2.05) is 25.1 Å². The molecule has 94 valence electrons. The third kappa shape index (κ3) is 2.06. The zero-order valence-corrected chi connectivity index (χ0v) is 10.6. The largest absolute Gasteiger partial charge is 0.393 e. The standard InChI is InChI=1S/C15H18N2O/c1-11(18)13-8-9-17(10-13)15-7-6-12-4-2-3-5-14(12)16-15/h2-7,11,13,18H,8-10H2,1H3. The molecule has 0 bridgehead atoms. The Labute approximate surface area is 107 Å². The number of fused-ring (bicyclic) bond motifs is 1. The van der Waals surface area contributed by atoms with Crippen molar-refractivity contribution in [3.05, 3.63) is 36.4 Å². The molecule has 1 aromatic carbocycles. The smallest absolute Gasteiger partial charge is 0.129 e. The quantitative estimate of drug-likeness (QED) is 0.878. The molecule has 3 rings (SSSR count). The summed E-state index contributed by atoms with van der Waals surface area (Å²) in [6.45, 7) is 3.77. The van der Waals surface area contributed by atoms with E-state index in [0.29, 0.717) is 5.92 Å². The number of hydrogen-bond donors (Lipinski definition) is 1. The Morgan fingerprint density at radius 1 is 1.28 bits per heavy atom. The number of benzene rings is 1. The first-order valence-electron chi connectivity index (χ1n) is 6.53. The fourth-order valence-electron chi connectivity index (χ4n) is 2.62. The van der Waals surface area contributed by atoms with Gasteiger partial charge in [0.2, 0.25) is 0 Å². The molecular weight excluding hydrogens is 224 g/mol. The second-order valence-corrected chi connectivity index (χ2v) is 5.10. The molecule has 2 unspecified atom stereocenters. The minimum Gasteiger partial charge on any atom is -0.393 e. The minimum absolute atomic E-state index is 0.226. The lowest BCUT2D eigenvalue weighted by Crippen LogP contribution is -2.24. The molecule has 2 atom stereocenters. The average molecular weight is 242 g/mol. The summed E-state index contributed by atoms with van der Waals surface area (Å²) < 4.78 is 0. The number of aliphatic hydroxyl groups is 1. The van der Waals surface area contributed by atoms with E-state index in [1.165, 1.54) is 5.39 Å². The highest BCUT2D eigenvalue weighted by Crippen LogP contribution is 2.25. The Bertz CT molecular complexity index is 553. The van der Waals surface area contributed by atoms with Crippen LogP contribution < -0.4 is 4.90 Å². The highest BCUT2D eigenvalue weighted by atomic mass is 16.3. The molecule has 2 aromatic rings. The predicted molar refractivity (Wildman–Crippen MR) is 73.7 cm³/mol. The molecule has 0 aliphatic carbocycles. The molecule has 1 aliphatic rings. The maximum atomic E-state index is 9.64. The first kappa shape index (κ1) is 11.5. The van der Waals surface area contributed by atoms with Crippen LogP contribution in [0, 0.1) is 5.92 Å². The third-order valence-electron chi connectivity index (χ3n) is 3.81. The predicted octanol–water partition coefficient (Wildman–Crippen LogP) is 2.44. The van der Waals surface area contributed by atoms with Crippen molar-refractivity contribution in [3.8, 4) is 0 Å². The molecule has 1 N–H and O–H groups in total. The van der Waals surface area contributed by atoms with Crippen molar-refractivity contribution in [3.63, 3.8) is 0 Å². The van der Waals surface area contributed by atoms with Crippen LogP contribution in [0.2, 0.25) is 0 Å². The van der Waals surface area contributed by atoms with E-state index in [2.05, 4.69) is 23.1 Å². The summed E-state index contributed by atoms with van der Waals surface area (Å²) in [5.74, 6) is 1.40. The zero-order valence-electron chi connectivity index (χ0n) is 10.6. The fraction of sp³-hybridized carbons (Fsp3) is 0.400. The van der Waals surface area contributed by atoms with Crippen LogP contribution in [0.1, 0.15) is 13.3 Å². The van der Waals surface area contributed by atoms with Gasteiger partial charge in [0.1, 0.15) is 5.82 Å². The second-order valence-electron chi connectivity index (χ2n) is 5.10. The van der Waals surface area contributed by atoms with Gasteiger partial charge in [0.05, 0.1) is 11.6 Å². The van der Waals surface area contributed by atoms with Gasteiger partial charge < -0.3 is 10.0 Å². The van der Waals surface area contributed by atoms with Gasteiger partial charge in [0.15, 0.2) is 0 Å². The lowest BCUT2D eigenvalue weighted by atomic mass is 10.0. The number of nitrogens with zero attached hydrogens (tertiary/aromatic N) is 2. The highest BCUT2D eigenvalue weighted by Gasteiger charge is 2.26. The van der Waals surface area contributed by atoms with Gasteiger partial charge in [0, 0.05) is 24.4 Å². The molecule has 1 saturated heterocycles. The second kappa shape index (κ2) is 4.58. The van der Waals surface area contributed by atoms with Crippen molar-refractivity contribution in [2.45, 2.75) is 19.4 Å². The van der Waals surface area contributed by atoms with E-state index < -0.39 is 0 Å². The first-order chi connectivity index (χ1) is 8.74. The third-order valence-corrected chi connectivity index (χ3v) is 3.81. The Morgan fingerprint density at radius 2 is 2.11 bits per heavy atom. The van der Waals surface area contributed by atoms with E-state index in [1.54, 1.807) is 0 Å². The summed E-state index contributed by atoms with van der Waals surface area (Å²) in [5.41, 5.74) is 1.04. The SMILES string of the molecule is CC(O)C1CCN(c2ccc3ccccc3n2)C1. The van der Waals surface area contributed by atoms with Crippen molar-refractivity contribution in [2.24, 2.45) is 5.92 Å². The number of aliphatic hydroxyl groups excluding tert-OH is 1. The number of para-hydroxylation sites is 1. The summed E-state index contributed by atoms with van der Waals surface area (Å²) in [6.07, 6.45) is 0.821. The fourth-order valence-corrected chi connectivity index (χ4v) is 2.62. The summed E-state index contributed by atoms with van der Waals surface area (Å²) in [5, 5.41) is 10.8. The molecule has 1 aromatic heterocycles. The van der Waals surface area contributed by atoms with Crippen LogP contribution in [0.4, 0.5) is 5.82 Å². The molecular formula is C15H18N2O. The molecule has 0 spiro atoms. The van der Waals surface area contributed by atoms with E-state index in [0.717, 1.165) is 30.8 Å².